The van der Waals surface area contributed by atoms with Crippen LogP contribution in [0.2, 0.25) is 0 Å². The fraction of sp³-hybridized carbons (Fsp3) is 0.529. The first-order valence-electron chi connectivity index (χ1n) is 8.35. The van der Waals surface area contributed by atoms with Crippen LogP contribution in [0.25, 0.3) is 0 Å². The molecule has 8 heteroatoms. The molecule has 1 aromatic rings. The minimum Gasteiger partial charge on any atom is -0.383 e. The first-order valence-corrected chi connectivity index (χ1v) is 9.15. The number of nitrogens with one attached hydrogen (secondary N) is 3. The zero-order valence-corrected chi connectivity index (χ0v) is 16.3. The zero-order valence-electron chi connectivity index (χ0n) is 14.7. The number of carbonyl (C=O) groups excluding carboxylic acids is 1. The number of nitrogens with zero attached hydrogens (tertiary/aromatic N) is 2. The summed E-state index contributed by atoms with van der Waals surface area (Å²) in [6, 6.07) is 8.64. The number of hydrogen-bond acceptors (Lipinski definition) is 4. The van der Waals surface area contributed by atoms with Gasteiger partial charge in [-0.2, -0.15) is 0 Å². The van der Waals surface area contributed by atoms with Crippen molar-refractivity contribution in [1.29, 1.82) is 0 Å². The number of benzene rings is 1. The zero-order chi connectivity index (χ0) is 18.1. The summed E-state index contributed by atoms with van der Waals surface area (Å²) < 4.78 is 5.98. The average Bonchev–Trinajstić information content (AvgIpc) is 3.08. The van der Waals surface area contributed by atoms with Gasteiger partial charge in [-0.25, -0.2) is 0 Å². The summed E-state index contributed by atoms with van der Waals surface area (Å²) in [4.78, 5) is 18.3. The molecule has 0 aromatic heterocycles. The lowest BCUT2D eigenvalue weighted by Crippen LogP contribution is -2.47. The van der Waals surface area contributed by atoms with E-state index in [2.05, 4.69) is 66.0 Å². The highest BCUT2D eigenvalue weighted by Crippen LogP contribution is 2.22. The van der Waals surface area contributed by atoms with E-state index in [1.165, 1.54) is 5.69 Å². The molecule has 1 saturated heterocycles. The second-order valence-electron chi connectivity index (χ2n) is 5.82. The van der Waals surface area contributed by atoms with Crippen molar-refractivity contribution in [3.8, 4) is 0 Å². The Bertz CT molecular complexity index is 579. The standard InChI is InChI=1S/C17H26BrN5O2/c1-19-17(21-11-16(24)20-8-10-25-2)22-14-7-9-23(12-14)15-5-3-13(18)4-6-15/h3-6,14H,7-12H2,1-2H3,(H,20,24)(H2,19,21,22). The van der Waals surface area contributed by atoms with Gasteiger partial charge in [-0.3, -0.25) is 9.79 Å². The van der Waals surface area contributed by atoms with E-state index in [9.17, 15) is 4.79 Å². The number of guanidine groups is 1. The van der Waals surface area contributed by atoms with Crippen LogP contribution in [0.5, 0.6) is 0 Å². The normalized spacial score (nSPS) is 17.5. The SMILES string of the molecule is CN=C(NCC(=O)NCCOC)NC1CCN(c2ccc(Br)cc2)C1. The predicted molar refractivity (Wildman–Crippen MR) is 104 cm³/mol. The molecule has 1 heterocycles. The Morgan fingerprint density at radius 3 is 2.80 bits per heavy atom. The van der Waals surface area contributed by atoms with Crippen molar-refractivity contribution >= 4 is 33.5 Å². The number of methoxy groups -OCH3 is 1. The Kier molecular flexibility index (Phi) is 8.00. The molecule has 1 aliphatic rings. The third-order valence-electron chi connectivity index (χ3n) is 3.99. The summed E-state index contributed by atoms with van der Waals surface area (Å²) in [6.45, 7) is 3.10. The second kappa shape index (κ2) is 10.2. The minimum absolute atomic E-state index is 0.0806. The molecule has 138 valence electrons. The maximum absolute atomic E-state index is 11.7. The van der Waals surface area contributed by atoms with E-state index in [1.54, 1.807) is 14.2 Å². The first-order chi connectivity index (χ1) is 12.1. The molecule has 1 unspecified atom stereocenters. The predicted octanol–water partition coefficient (Wildman–Crippen LogP) is 0.955. The lowest BCUT2D eigenvalue weighted by atomic mass is 10.3. The van der Waals surface area contributed by atoms with E-state index in [0.29, 0.717) is 25.2 Å². The van der Waals surface area contributed by atoms with Crippen molar-refractivity contribution < 1.29 is 9.53 Å². The molecule has 0 spiro atoms. The third kappa shape index (κ3) is 6.55. The topological polar surface area (TPSA) is 78.0 Å². The van der Waals surface area contributed by atoms with Gasteiger partial charge < -0.3 is 25.6 Å². The van der Waals surface area contributed by atoms with E-state index >= 15 is 0 Å². The van der Waals surface area contributed by atoms with Crippen molar-refractivity contribution in [3.63, 3.8) is 0 Å². The lowest BCUT2D eigenvalue weighted by molar-refractivity contribution is -0.120. The summed E-state index contributed by atoms with van der Waals surface area (Å²) in [5, 5.41) is 9.20. The largest absolute Gasteiger partial charge is 0.383 e. The Hall–Kier alpha value is -1.80. The molecular weight excluding hydrogens is 386 g/mol. The highest BCUT2D eigenvalue weighted by molar-refractivity contribution is 9.10. The van der Waals surface area contributed by atoms with Crippen LogP contribution in [0, 0.1) is 0 Å². The third-order valence-corrected chi connectivity index (χ3v) is 4.52. The molecule has 1 fully saturated rings. The van der Waals surface area contributed by atoms with Gasteiger partial charge in [-0.15, -0.1) is 0 Å². The van der Waals surface area contributed by atoms with E-state index in [1.807, 2.05) is 0 Å². The summed E-state index contributed by atoms with van der Waals surface area (Å²) in [7, 11) is 3.31. The van der Waals surface area contributed by atoms with E-state index in [0.717, 1.165) is 24.0 Å². The van der Waals surface area contributed by atoms with Crippen LogP contribution >= 0.6 is 15.9 Å². The number of anilines is 1. The van der Waals surface area contributed by atoms with Crippen LogP contribution in [0.3, 0.4) is 0 Å². The van der Waals surface area contributed by atoms with Crippen molar-refractivity contribution in [2.75, 3.05) is 51.8 Å². The highest BCUT2D eigenvalue weighted by Gasteiger charge is 2.23. The summed E-state index contributed by atoms with van der Waals surface area (Å²) in [5.74, 6) is 0.562. The lowest BCUT2D eigenvalue weighted by Gasteiger charge is -2.20. The van der Waals surface area contributed by atoms with Gasteiger partial charge >= 0.3 is 0 Å². The second-order valence-corrected chi connectivity index (χ2v) is 6.74. The van der Waals surface area contributed by atoms with Crippen molar-refractivity contribution in [3.05, 3.63) is 28.7 Å². The number of rotatable bonds is 7. The molecule has 2 rings (SSSR count). The van der Waals surface area contributed by atoms with Gasteiger partial charge in [0.2, 0.25) is 5.91 Å². The monoisotopic (exact) mass is 411 g/mol. The Morgan fingerprint density at radius 1 is 1.36 bits per heavy atom. The van der Waals surface area contributed by atoms with Gasteiger partial charge in [-0.05, 0) is 30.7 Å². The fourth-order valence-corrected chi connectivity index (χ4v) is 2.94. The van der Waals surface area contributed by atoms with Crippen molar-refractivity contribution in [2.24, 2.45) is 4.99 Å². The molecule has 0 radical (unpaired) electrons. The van der Waals surface area contributed by atoms with Gasteiger partial charge in [0.15, 0.2) is 5.96 Å². The maximum Gasteiger partial charge on any atom is 0.239 e. The van der Waals surface area contributed by atoms with Gasteiger partial charge in [-0.1, -0.05) is 15.9 Å². The van der Waals surface area contributed by atoms with Crippen LogP contribution < -0.4 is 20.9 Å². The molecule has 1 aliphatic heterocycles. The van der Waals surface area contributed by atoms with Gasteiger partial charge in [0.05, 0.1) is 13.2 Å². The van der Waals surface area contributed by atoms with E-state index in [-0.39, 0.29) is 12.5 Å². The summed E-state index contributed by atoms with van der Waals surface area (Å²) >= 11 is 3.46. The molecule has 25 heavy (non-hydrogen) atoms. The maximum atomic E-state index is 11.7. The van der Waals surface area contributed by atoms with Crippen molar-refractivity contribution in [2.45, 2.75) is 12.5 Å². The molecule has 0 aliphatic carbocycles. The van der Waals surface area contributed by atoms with Crippen LogP contribution in [0.1, 0.15) is 6.42 Å². The van der Waals surface area contributed by atoms with Crippen LogP contribution in [0.4, 0.5) is 5.69 Å². The molecule has 0 bridgehead atoms. The number of carbonyl (C=O) groups is 1. The number of halogens is 1. The number of amides is 1. The van der Waals surface area contributed by atoms with Gasteiger partial charge in [0.25, 0.3) is 0 Å². The summed E-state index contributed by atoms with van der Waals surface area (Å²) in [5.41, 5.74) is 1.22. The fourth-order valence-electron chi connectivity index (χ4n) is 2.67. The van der Waals surface area contributed by atoms with E-state index in [4.69, 9.17) is 4.74 Å². The Balaban J connectivity index is 1.75. The molecular formula is C17H26BrN5O2. The molecule has 1 atom stereocenters. The van der Waals surface area contributed by atoms with E-state index < -0.39 is 0 Å². The molecule has 3 N–H and O–H groups in total. The van der Waals surface area contributed by atoms with Crippen LogP contribution in [-0.2, 0) is 9.53 Å². The number of ether oxygens (including phenoxy) is 1. The van der Waals surface area contributed by atoms with Crippen molar-refractivity contribution in [1.82, 2.24) is 16.0 Å². The average molecular weight is 412 g/mol. The van der Waals surface area contributed by atoms with Crippen LogP contribution in [-0.4, -0.2) is 64.9 Å². The first kappa shape index (κ1) is 19.5. The van der Waals surface area contributed by atoms with Crippen LogP contribution in [0.15, 0.2) is 33.7 Å². The Labute approximate surface area is 157 Å². The number of aliphatic imine (C=N–C) groups is 1. The Morgan fingerprint density at radius 2 is 2.12 bits per heavy atom. The summed E-state index contributed by atoms with van der Waals surface area (Å²) in [6.07, 6.45) is 1.02. The molecule has 7 nitrogen and oxygen atoms in total. The molecule has 1 amide bonds. The molecule has 1 aromatic carbocycles. The highest BCUT2D eigenvalue weighted by atomic mass is 79.9. The smallest absolute Gasteiger partial charge is 0.239 e. The van der Waals surface area contributed by atoms with Gasteiger partial charge in [0.1, 0.15) is 0 Å². The van der Waals surface area contributed by atoms with Gasteiger partial charge in [0, 0.05) is 50.0 Å². The minimum atomic E-state index is -0.0806. The number of hydrogen-bond donors (Lipinski definition) is 3. The quantitative estimate of drug-likeness (QED) is 0.353. The molecule has 0 saturated carbocycles.